The Morgan fingerprint density at radius 2 is 1.10 bits per heavy atom. The van der Waals surface area contributed by atoms with Crippen LogP contribution in [0.1, 0.15) is 11.1 Å². The van der Waals surface area contributed by atoms with Gasteiger partial charge in [-0.05, 0) is 60.0 Å². The molecular formula is C12H12O6S2. The Morgan fingerprint density at radius 3 is 1.40 bits per heavy atom. The van der Waals surface area contributed by atoms with Crippen molar-refractivity contribution in [2.24, 2.45) is 0 Å². The number of aryl methyl sites for hydroxylation is 2. The van der Waals surface area contributed by atoms with Crippen molar-refractivity contribution in [2.75, 3.05) is 0 Å². The van der Waals surface area contributed by atoms with Crippen LogP contribution in [0.15, 0.2) is 34.1 Å². The molecule has 2 N–H and O–H groups in total. The second-order valence-electron chi connectivity index (χ2n) is 4.53. The van der Waals surface area contributed by atoms with Crippen LogP contribution in [0.3, 0.4) is 0 Å². The summed E-state index contributed by atoms with van der Waals surface area (Å²) in [4.78, 5) is -0.649. The topological polar surface area (TPSA) is 109 Å². The molecule has 0 amide bonds. The van der Waals surface area contributed by atoms with E-state index in [-0.39, 0.29) is 9.79 Å². The van der Waals surface area contributed by atoms with Crippen LogP contribution in [0.4, 0.5) is 0 Å². The Kier molecular flexibility index (Phi) is 3.37. The third kappa shape index (κ3) is 2.68. The predicted molar refractivity (Wildman–Crippen MR) is 73.1 cm³/mol. The van der Waals surface area contributed by atoms with Crippen molar-refractivity contribution in [3.05, 3.63) is 35.4 Å². The van der Waals surface area contributed by atoms with E-state index in [4.69, 9.17) is 9.11 Å². The lowest BCUT2D eigenvalue weighted by Crippen LogP contribution is -2.02. The van der Waals surface area contributed by atoms with Gasteiger partial charge in [-0.25, -0.2) is 0 Å². The van der Waals surface area contributed by atoms with E-state index in [2.05, 4.69) is 0 Å². The summed E-state index contributed by atoms with van der Waals surface area (Å²) in [5.41, 5.74) is 1.16. The van der Waals surface area contributed by atoms with Crippen LogP contribution in [-0.4, -0.2) is 25.9 Å². The molecule has 8 heteroatoms. The predicted octanol–water partition coefficient (Wildman–Crippen LogP) is 1.95. The number of fused-ring (bicyclic) bond motifs is 1. The summed E-state index contributed by atoms with van der Waals surface area (Å²) in [7, 11) is -8.78. The fourth-order valence-electron chi connectivity index (χ4n) is 2.21. The first-order chi connectivity index (χ1) is 9.00. The highest BCUT2D eigenvalue weighted by atomic mass is 32.2. The minimum atomic E-state index is -4.39. The van der Waals surface area contributed by atoms with Gasteiger partial charge in [0.25, 0.3) is 20.2 Å². The molecule has 0 unspecified atom stereocenters. The monoisotopic (exact) mass is 316 g/mol. The molecule has 0 saturated carbocycles. The van der Waals surface area contributed by atoms with E-state index < -0.39 is 20.2 Å². The molecule has 108 valence electrons. The van der Waals surface area contributed by atoms with E-state index in [0.717, 1.165) is 0 Å². The first-order valence-electron chi connectivity index (χ1n) is 5.50. The van der Waals surface area contributed by atoms with Crippen molar-refractivity contribution in [1.82, 2.24) is 0 Å². The van der Waals surface area contributed by atoms with Crippen LogP contribution in [0.5, 0.6) is 0 Å². The molecule has 20 heavy (non-hydrogen) atoms. The Labute approximate surface area is 116 Å². The van der Waals surface area contributed by atoms with Crippen LogP contribution in [0.25, 0.3) is 10.8 Å². The fraction of sp³-hybridized carbons (Fsp3) is 0.167. The van der Waals surface area contributed by atoms with E-state index in [1.54, 1.807) is 13.8 Å². The number of hydrogen-bond acceptors (Lipinski definition) is 4. The molecule has 0 aromatic heterocycles. The lowest BCUT2D eigenvalue weighted by atomic mass is 10.0. The zero-order chi connectivity index (χ0) is 15.3. The van der Waals surface area contributed by atoms with Crippen LogP contribution >= 0.6 is 0 Å². The average molecular weight is 316 g/mol. The zero-order valence-electron chi connectivity index (χ0n) is 10.7. The van der Waals surface area contributed by atoms with E-state index in [0.29, 0.717) is 21.9 Å². The van der Waals surface area contributed by atoms with Crippen molar-refractivity contribution >= 4 is 31.0 Å². The van der Waals surface area contributed by atoms with Gasteiger partial charge in [-0.2, -0.15) is 16.8 Å². The van der Waals surface area contributed by atoms with Crippen LogP contribution < -0.4 is 0 Å². The summed E-state index contributed by atoms with van der Waals surface area (Å²) in [5, 5.41) is 0.982. The Bertz CT molecular complexity index is 838. The van der Waals surface area contributed by atoms with Crippen LogP contribution in [0, 0.1) is 13.8 Å². The quantitative estimate of drug-likeness (QED) is 0.820. The molecule has 0 bridgehead atoms. The maximum Gasteiger partial charge on any atom is 0.294 e. The molecule has 0 aliphatic heterocycles. The minimum Gasteiger partial charge on any atom is -0.282 e. The van der Waals surface area contributed by atoms with E-state index in [9.17, 15) is 16.8 Å². The lowest BCUT2D eigenvalue weighted by molar-refractivity contribution is 0.481. The van der Waals surface area contributed by atoms with Gasteiger partial charge in [-0.15, -0.1) is 0 Å². The van der Waals surface area contributed by atoms with Gasteiger partial charge in [-0.1, -0.05) is 0 Å². The van der Waals surface area contributed by atoms with Gasteiger partial charge >= 0.3 is 0 Å². The summed E-state index contributed by atoms with van der Waals surface area (Å²) in [6.45, 7) is 3.30. The summed E-state index contributed by atoms with van der Waals surface area (Å²) in [6, 6.07) is 4.94. The van der Waals surface area contributed by atoms with Crippen molar-refractivity contribution in [3.8, 4) is 0 Å². The van der Waals surface area contributed by atoms with Gasteiger partial charge in [0.2, 0.25) is 0 Å². The van der Waals surface area contributed by atoms with Gasteiger partial charge < -0.3 is 0 Å². The molecule has 6 nitrogen and oxygen atoms in total. The van der Waals surface area contributed by atoms with Gasteiger partial charge in [-0.3, -0.25) is 9.11 Å². The van der Waals surface area contributed by atoms with Gasteiger partial charge in [0, 0.05) is 0 Å². The Balaban J connectivity index is 2.95. The smallest absolute Gasteiger partial charge is 0.282 e. The van der Waals surface area contributed by atoms with Gasteiger partial charge in [0.1, 0.15) is 0 Å². The molecule has 0 radical (unpaired) electrons. The lowest BCUT2D eigenvalue weighted by Gasteiger charge is -2.10. The first kappa shape index (κ1) is 14.9. The maximum absolute atomic E-state index is 11.2. The van der Waals surface area contributed by atoms with Crippen molar-refractivity contribution < 1.29 is 25.9 Å². The highest BCUT2D eigenvalue weighted by molar-refractivity contribution is 7.86. The molecule has 2 rings (SSSR count). The molecule has 0 fully saturated rings. The normalized spacial score (nSPS) is 12.8. The van der Waals surface area contributed by atoms with E-state index >= 15 is 0 Å². The minimum absolute atomic E-state index is 0.310. The summed E-state index contributed by atoms with van der Waals surface area (Å²) in [6.07, 6.45) is 0. The first-order valence-corrected chi connectivity index (χ1v) is 8.38. The Morgan fingerprint density at radius 1 is 0.750 bits per heavy atom. The van der Waals surface area contributed by atoms with Gasteiger partial charge in [0.05, 0.1) is 9.79 Å². The third-order valence-electron chi connectivity index (χ3n) is 2.99. The van der Waals surface area contributed by atoms with Crippen molar-refractivity contribution in [2.45, 2.75) is 23.6 Å². The Hall–Kier alpha value is -1.48. The maximum atomic E-state index is 11.2. The molecule has 0 aliphatic carbocycles. The van der Waals surface area contributed by atoms with E-state index in [1.165, 1.54) is 24.3 Å². The van der Waals surface area contributed by atoms with Crippen LogP contribution in [-0.2, 0) is 20.2 Å². The SMILES string of the molecule is Cc1cc(S(=O)(=O)O)cc2cc(S(=O)(=O)O)cc(C)c12. The number of rotatable bonds is 2. The standard InChI is InChI=1S/C12H12O6S2/c1-7-3-10(19(13,14)15)5-9-6-11(20(16,17)18)4-8(2)12(7)9/h3-6H,1-2H3,(H,13,14,15)(H,16,17,18). The molecule has 0 saturated heterocycles. The highest BCUT2D eigenvalue weighted by Crippen LogP contribution is 2.29. The molecule has 0 heterocycles. The highest BCUT2D eigenvalue weighted by Gasteiger charge is 2.16. The van der Waals surface area contributed by atoms with Crippen molar-refractivity contribution in [3.63, 3.8) is 0 Å². The summed E-state index contributed by atoms with van der Waals surface area (Å²) >= 11 is 0. The zero-order valence-corrected chi connectivity index (χ0v) is 12.3. The molecule has 2 aromatic rings. The third-order valence-corrected chi connectivity index (χ3v) is 4.65. The van der Waals surface area contributed by atoms with Crippen LogP contribution in [0.2, 0.25) is 0 Å². The second-order valence-corrected chi connectivity index (χ2v) is 7.37. The molecular weight excluding hydrogens is 304 g/mol. The van der Waals surface area contributed by atoms with Crippen molar-refractivity contribution in [1.29, 1.82) is 0 Å². The molecule has 0 spiro atoms. The molecule has 0 aliphatic rings. The number of benzene rings is 2. The number of hydrogen-bond donors (Lipinski definition) is 2. The largest absolute Gasteiger partial charge is 0.294 e. The average Bonchev–Trinajstić information content (AvgIpc) is 2.25. The molecule has 0 atom stereocenters. The molecule has 2 aromatic carbocycles. The van der Waals surface area contributed by atoms with E-state index in [1.807, 2.05) is 0 Å². The summed E-state index contributed by atoms with van der Waals surface area (Å²) in [5.74, 6) is 0. The second kappa shape index (κ2) is 4.52. The fourth-order valence-corrected chi connectivity index (χ4v) is 3.41. The van der Waals surface area contributed by atoms with Gasteiger partial charge in [0.15, 0.2) is 0 Å². The summed E-state index contributed by atoms with van der Waals surface area (Å²) < 4.78 is 62.9.